The highest BCUT2D eigenvalue weighted by molar-refractivity contribution is 6.30. The van der Waals surface area contributed by atoms with Crippen LogP contribution in [0.1, 0.15) is 26.5 Å². The van der Waals surface area contributed by atoms with Crippen LogP contribution in [0.5, 0.6) is 0 Å². The standard InChI is InChI=1S/C20H35ClN6O2/c1-20(2,3)29-19(28)27-11-9-26(10-12-27)8-7-23-18(22-4)25(6)15-17-13-16(21)14-24(17)5/h13-14H,7-12,15H2,1-6H3,(H,22,23). The van der Waals surface area contributed by atoms with E-state index in [2.05, 4.69) is 20.1 Å². The summed E-state index contributed by atoms with van der Waals surface area (Å²) in [5.41, 5.74) is 0.670. The molecule has 1 aromatic rings. The number of aliphatic imine (C=N–C) groups is 1. The Balaban J connectivity index is 1.72. The van der Waals surface area contributed by atoms with Gasteiger partial charge >= 0.3 is 6.09 Å². The number of ether oxygens (including phenoxy) is 1. The number of aromatic nitrogens is 1. The van der Waals surface area contributed by atoms with Crippen molar-refractivity contribution in [2.45, 2.75) is 32.9 Å². The lowest BCUT2D eigenvalue weighted by atomic mass is 10.2. The molecule has 164 valence electrons. The molecule has 1 saturated heterocycles. The highest BCUT2D eigenvalue weighted by Crippen LogP contribution is 2.14. The Kier molecular flexibility index (Phi) is 8.22. The monoisotopic (exact) mass is 426 g/mol. The van der Waals surface area contributed by atoms with Crippen LogP contribution >= 0.6 is 11.6 Å². The lowest BCUT2D eigenvalue weighted by Crippen LogP contribution is -2.51. The Hall–Kier alpha value is -1.93. The molecule has 2 rings (SSSR count). The van der Waals surface area contributed by atoms with Crippen LogP contribution in [0.4, 0.5) is 4.79 Å². The maximum atomic E-state index is 12.2. The van der Waals surface area contributed by atoms with Crippen LogP contribution in [-0.4, -0.2) is 90.3 Å². The van der Waals surface area contributed by atoms with Crippen molar-refractivity contribution >= 4 is 23.7 Å². The van der Waals surface area contributed by atoms with Gasteiger partial charge in [-0.25, -0.2) is 4.79 Å². The first-order chi connectivity index (χ1) is 13.6. The van der Waals surface area contributed by atoms with E-state index in [9.17, 15) is 4.79 Å². The molecule has 1 aromatic heterocycles. The molecule has 1 N–H and O–H groups in total. The number of halogens is 1. The van der Waals surface area contributed by atoms with E-state index < -0.39 is 5.60 Å². The summed E-state index contributed by atoms with van der Waals surface area (Å²) in [5, 5.41) is 4.15. The van der Waals surface area contributed by atoms with Gasteiger partial charge in [0, 0.05) is 72.3 Å². The van der Waals surface area contributed by atoms with Crippen LogP contribution in [0.15, 0.2) is 17.3 Å². The maximum Gasteiger partial charge on any atom is 0.410 e. The zero-order chi connectivity index (χ0) is 21.6. The van der Waals surface area contributed by atoms with Gasteiger partial charge in [0.1, 0.15) is 5.60 Å². The van der Waals surface area contributed by atoms with Crippen molar-refractivity contribution in [3.05, 3.63) is 23.0 Å². The van der Waals surface area contributed by atoms with Gasteiger partial charge < -0.3 is 24.4 Å². The number of carbonyl (C=O) groups excluding carboxylic acids is 1. The van der Waals surface area contributed by atoms with E-state index in [1.807, 2.05) is 51.7 Å². The Morgan fingerprint density at radius 2 is 1.97 bits per heavy atom. The van der Waals surface area contributed by atoms with E-state index in [0.717, 1.165) is 49.4 Å². The van der Waals surface area contributed by atoms with E-state index in [1.165, 1.54) is 0 Å². The van der Waals surface area contributed by atoms with Gasteiger partial charge in [-0.15, -0.1) is 0 Å². The van der Waals surface area contributed by atoms with Crippen molar-refractivity contribution in [2.75, 3.05) is 53.4 Å². The number of nitrogens with one attached hydrogen (secondary N) is 1. The zero-order valence-electron chi connectivity index (χ0n) is 18.5. The molecule has 0 saturated carbocycles. The molecule has 0 bridgehead atoms. The third kappa shape index (κ3) is 7.44. The molecule has 9 heteroatoms. The lowest BCUT2D eigenvalue weighted by Gasteiger charge is -2.35. The van der Waals surface area contributed by atoms with Crippen molar-refractivity contribution in [3.8, 4) is 0 Å². The molecule has 0 aliphatic carbocycles. The minimum Gasteiger partial charge on any atom is -0.444 e. The van der Waals surface area contributed by atoms with Gasteiger partial charge in [-0.2, -0.15) is 0 Å². The second-order valence-electron chi connectivity index (χ2n) is 8.40. The molecule has 0 unspecified atom stereocenters. The molecule has 1 aliphatic rings. The summed E-state index contributed by atoms with van der Waals surface area (Å²) in [7, 11) is 5.79. The van der Waals surface area contributed by atoms with Crippen LogP contribution in [0.2, 0.25) is 5.02 Å². The van der Waals surface area contributed by atoms with Crippen LogP contribution in [-0.2, 0) is 18.3 Å². The van der Waals surface area contributed by atoms with Gasteiger partial charge in [0.2, 0.25) is 0 Å². The van der Waals surface area contributed by atoms with E-state index in [-0.39, 0.29) is 6.09 Å². The molecule has 2 heterocycles. The minimum atomic E-state index is -0.454. The maximum absolute atomic E-state index is 12.2. The SMILES string of the molecule is CN=C(NCCN1CCN(C(=O)OC(C)(C)C)CC1)N(C)Cc1cc(Cl)cn1C. The van der Waals surface area contributed by atoms with Crippen LogP contribution < -0.4 is 5.32 Å². The molecule has 29 heavy (non-hydrogen) atoms. The van der Waals surface area contributed by atoms with Gasteiger partial charge in [0.15, 0.2) is 5.96 Å². The number of aryl methyl sites for hydroxylation is 1. The van der Waals surface area contributed by atoms with Crippen molar-refractivity contribution in [3.63, 3.8) is 0 Å². The van der Waals surface area contributed by atoms with Crippen molar-refractivity contribution < 1.29 is 9.53 Å². The molecule has 8 nitrogen and oxygen atoms in total. The van der Waals surface area contributed by atoms with Gasteiger partial charge in [0.05, 0.1) is 11.6 Å². The first kappa shape index (κ1) is 23.3. The molecular formula is C20H35ClN6O2. The zero-order valence-corrected chi connectivity index (χ0v) is 19.3. The Bertz CT molecular complexity index is 704. The van der Waals surface area contributed by atoms with Gasteiger partial charge in [0.25, 0.3) is 0 Å². The van der Waals surface area contributed by atoms with E-state index in [1.54, 1.807) is 11.9 Å². The number of piperazine rings is 1. The van der Waals surface area contributed by atoms with Crippen molar-refractivity contribution in [1.82, 2.24) is 24.6 Å². The van der Waals surface area contributed by atoms with Gasteiger partial charge in [-0.05, 0) is 26.8 Å². The summed E-state index contributed by atoms with van der Waals surface area (Å²) in [6.07, 6.45) is 1.68. The molecule has 0 aromatic carbocycles. The summed E-state index contributed by atoms with van der Waals surface area (Å²) in [6.45, 7) is 11.2. The molecule has 0 radical (unpaired) electrons. The topological polar surface area (TPSA) is 65.3 Å². The second-order valence-corrected chi connectivity index (χ2v) is 8.84. The number of carbonyl (C=O) groups is 1. The summed E-state index contributed by atoms with van der Waals surface area (Å²) >= 11 is 6.07. The molecule has 0 spiro atoms. The van der Waals surface area contributed by atoms with Crippen LogP contribution in [0, 0.1) is 0 Å². The van der Waals surface area contributed by atoms with E-state index in [0.29, 0.717) is 13.1 Å². The van der Waals surface area contributed by atoms with E-state index in [4.69, 9.17) is 16.3 Å². The van der Waals surface area contributed by atoms with Crippen LogP contribution in [0.25, 0.3) is 0 Å². The average molecular weight is 427 g/mol. The third-order valence-electron chi connectivity index (χ3n) is 4.78. The van der Waals surface area contributed by atoms with E-state index >= 15 is 0 Å². The summed E-state index contributed by atoms with van der Waals surface area (Å²) < 4.78 is 7.47. The quantitative estimate of drug-likeness (QED) is 0.577. The smallest absolute Gasteiger partial charge is 0.410 e. The number of rotatable bonds is 5. The summed E-state index contributed by atoms with van der Waals surface area (Å²) in [4.78, 5) is 22.7. The fraction of sp³-hybridized carbons (Fsp3) is 0.700. The number of nitrogens with zero attached hydrogens (tertiary/aromatic N) is 5. The highest BCUT2D eigenvalue weighted by Gasteiger charge is 2.25. The molecule has 0 atom stereocenters. The molecule has 1 amide bonds. The predicted molar refractivity (Wildman–Crippen MR) is 117 cm³/mol. The van der Waals surface area contributed by atoms with Crippen molar-refractivity contribution in [1.29, 1.82) is 0 Å². The average Bonchev–Trinajstić information content (AvgIpc) is 2.94. The molecular weight excluding hydrogens is 392 g/mol. The fourth-order valence-corrected chi connectivity index (χ4v) is 3.50. The van der Waals surface area contributed by atoms with Gasteiger partial charge in [-0.1, -0.05) is 11.6 Å². The first-order valence-electron chi connectivity index (χ1n) is 10.0. The second kappa shape index (κ2) is 10.2. The lowest BCUT2D eigenvalue weighted by molar-refractivity contribution is 0.0147. The Morgan fingerprint density at radius 3 is 2.48 bits per heavy atom. The minimum absolute atomic E-state index is 0.224. The molecule has 1 fully saturated rings. The highest BCUT2D eigenvalue weighted by atomic mass is 35.5. The first-order valence-corrected chi connectivity index (χ1v) is 10.4. The Morgan fingerprint density at radius 1 is 1.31 bits per heavy atom. The normalized spacial score (nSPS) is 16.1. The van der Waals surface area contributed by atoms with Gasteiger partial charge in [-0.3, -0.25) is 9.89 Å². The largest absolute Gasteiger partial charge is 0.444 e. The third-order valence-corrected chi connectivity index (χ3v) is 4.99. The number of hydrogen-bond donors (Lipinski definition) is 1. The van der Waals surface area contributed by atoms with Crippen molar-refractivity contribution in [2.24, 2.45) is 12.0 Å². The van der Waals surface area contributed by atoms with Crippen LogP contribution in [0.3, 0.4) is 0 Å². The number of hydrogen-bond acceptors (Lipinski definition) is 4. The Labute approximate surface area is 179 Å². The summed E-state index contributed by atoms with van der Waals surface area (Å²) in [6, 6.07) is 1.97. The fourth-order valence-electron chi connectivity index (χ4n) is 3.23. The number of amides is 1. The summed E-state index contributed by atoms with van der Waals surface area (Å²) in [5.74, 6) is 0.842. The predicted octanol–water partition coefficient (Wildman–Crippen LogP) is 2.24. The molecule has 1 aliphatic heterocycles. The number of guanidine groups is 1.